The number of urea groups is 1. The van der Waals surface area contributed by atoms with Gasteiger partial charge in [0.15, 0.2) is 0 Å². The summed E-state index contributed by atoms with van der Waals surface area (Å²) in [6.45, 7) is 0. The van der Waals surface area contributed by atoms with Crippen molar-refractivity contribution in [3.63, 3.8) is 0 Å². The lowest BCUT2D eigenvalue weighted by atomic mass is 10.3. The first kappa shape index (κ1) is 14.8. The molecule has 5 nitrogen and oxygen atoms in total. The number of benzene rings is 1. The zero-order valence-corrected chi connectivity index (χ0v) is 13.0. The molecule has 8 heteroatoms. The molecule has 0 atom stereocenters. The average molecular weight is 376 g/mol. The largest absolute Gasteiger partial charge is 0.478 e. The Kier molecular flexibility index (Phi) is 4.64. The summed E-state index contributed by atoms with van der Waals surface area (Å²) >= 11 is 10.2. The van der Waals surface area contributed by atoms with Crippen LogP contribution >= 0.6 is 38.9 Å². The molecule has 0 fully saturated rings. The van der Waals surface area contributed by atoms with Crippen LogP contribution in [0.4, 0.5) is 15.5 Å². The van der Waals surface area contributed by atoms with Gasteiger partial charge >= 0.3 is 12.0 Å². The molecule has 0 aliphatic rings. The molecule has 1 heterocycles. The maximum atomic E-state index is 11.8. The number of carbonyl (C=O) groups excluding carboxylic acids is 1. The minimum atomic E-state index is -1.09. The molecule has 2 amide bonds. The normalized spacial score (nSPS) is 10.1. The number of thiophene rings is 1. The van der Waals surface area contributed by atoms with Gasteiger partial charge in [-0.25, -0.2) is 9.59 Å². The first-order valence-corrected chi connectivity index (χ1v) is 7.36. The van der Waals surface area contributed by atoms with Crippen molar-refractivity contribution in [3.05, 3.63) is 44.7 Å². The van der Waals surface area contributed by atoms with Crippen molar-refractivity contribution in [2.24, 2.45) is 0 Å². The molecule has 0 saturated carbocycles. The smallest absolute Gasteiger partial charge is 0.338 e. The molecule has 20 heavy (non-hydrogen) atoms. The zero-order valence-electron chi connectivity index (χ0n) is 9.81. The van der Waals surface area contributed by atoms with E-state index in [0.29, 0.717) is 15.2 Å². The number of carbonyl (C=O) groups is 2. The van der Waals surface area contributed by atoms with Crippen LogP contribution in [0.25, 0.3) is 0 Å². The predicted octanol–water partition coefficient (Wildman–Crippen LogP) is 4.51. The van der Waals surface area contributed by atoms with Crippen LogP contribution in [0, 0.1) is 0 Å². The van der Waals surface area contributed by atoms with Crippen LogP contribution < -0.4 is 10.6 Å². The van der Waals surface area contributed by atoms with E-state index in [-0.39, 0.29) is 10.6 Å². The third-order valence-corrected chi connectivity index (χ3v) is 4.34. The molecular formula is C12H8BrClN2O3S. The minimum Gasteiger partial charge on any atom is -0.478 e. The summed E-state index contributed by atoms with van der Waals surface area (Å²) in [6, 6.07) is 5.83. The molecule has 1 aromatic heterocycles. The monoisotopic (exact) mass is 374 g/mol. The summed E-state index contributed by atoms with van der Waals surface area (Å²) in [7, 11) is 0. The number of aromatic carboxylic acids is 1. The van der Waals surface area contributed by atoms with Crippen molar-refractivity contribution >= 4 is 61.6 Å². The summed E-state index contributed by atoms with van der Waals surface area (Å²) in [6.07, 6.45) is 0. The molecule has 0 saturated heterocycles. The van der Waals surface area contributed by atoms with E-state index in [2.05, 4.69) is 26.6 Å². The number of hydrogen-bond donors (Lipinski definition) is 3. The Morgan fingerprint density at radius 3 is 2.65 bits per heavy atom. The molecule has 0 unspecified atom stereocenters. The Hall–Kier alpha value is -1.57. The van der Waals surface area contributed by atoms with Crippen LogP contribution in [0.15, 0.2) is 34.1 Å². The van der Waals surface area contributed by atoms with E-state index in [4.69, 9.17) is 16.7 Å². The molecular weight excluding hydrogens is 368 g/mol. The molecule has 1 aromatic carbocycles. The average Bonchev–Trinajstić information content (AvgIpc) is 2.82. The summed E-state index contributed by atoms with van der Waals surface area (Å²) in [5, 5.41) is 16.4. The Bertz CT molecular complexity index is 674. The van der Waals surface area contributed by atoms with Crippen molar-refractivity contribution in [2.75, 3.05) is 10.6 Å². The maximum absolute atomic E-state index is 11.8. The van der Waals surface area contributed by atoms with Crippen LogP contribution in [-0.4, -0.2) is 17.1 Å². The number of hydrogen-bond acceptors (Lipinski definition) is 3. The van der Waals surface area contributed by atoms with E-state index in [1.165, 1.54) is 6.07 Å². The van der Waals surface area contributed by atoms with Crippen LogP contribution in [-0.2, 0) is 0 Å². The molecule has 0 aliphatic carbocycles. The lowest BCUT2D eigenvalue weighted by molar-refractivity contribution is 0.0698. The van der Waals surface area contributed by atoms with Crippen molar-refractivity contribution < 1.29 is 14.7 Å². The van der Waals surface area contributed by atoms with Gasteiger partial charge in [-0.05, 0) is 45.6 Å². The first-order valence-electron chi connectivity index (χ1n) is 5.31. The van der Waals surface area contributed by atoms with Crippen LogP contribution in [0.3, 0.4) is 0 Å². The second-order valence-electron chi connectivity index (χ2n) is 3.68. The number of anilines is 2. The van der Waals surface area contributed by atoms with Gasteiger partial charge < -0.3 is 10.4 Å². The summed E-state index contributed by atoms with van der Waals surface area (Å²) in [5.74, 6) is -1.09. The lowest BCUT2D eigenvalue weighted by Crippen LogP contribution is -2.20. The van der Waals surface area contributed by atoms with Crippen molar-refractivity contribution in [3.8, 4) is 0 Å². The SMILES string of the molecule is O=C(Nc1ccc(Cl)c(Br)c1)Nc1sccc1C(=O)O. The molecule has 2 aromatic rings. The highest BCUT2D eigenvalue weighted by atomic mass is 79.9. The van der Waals surface area contributed by atoms with Gasteiger partial charge in [0.05, 0.1) is 10.6 Å². The minimum absolute atomic E-state index is 0.0578. The van der Waals surface area contributed by atoms with Gasteiger partial charge in [-0.15, -0.1) is 11.3 Å². The zero-order chi connectivity index (χ0) is 14.7. The third-order valence-electron chi connectivity index (χ3n) is 2.30. The molecule has 2 rings (SSSR count). The Morgan fingerprint density at radius 1 is 1.25 bits per heavy atom. The van der Waals surface area contributed by atoms with Crippen molar-refractivity contribution in [2.45, 2.75) is 0 Å². The molecule has 0 spiro atoms. The summed E-state index contributed by atoms with van der Waals surface area (Å²) in [4.78, 5) is 22.7. The predicted molar refractivity (Wildman–Crippen MR) is 83.1 cm³/mol. The van der Waals surface area contributed by atoms with Crippen molar-refractivity contribution in [1.82, 2.24) is 0 Å². The maximum Gasteiger partial charge on any atom is 0.338 e. The molecule has 0 aliphatic heterocycles. The summed E-state index contributed by atoms with van der Waals surface area (Å²) in [5.41, 5.74) is 0.592. The second-order valence-corrected chi connectivity index (χ2v) is 5.85. The fourth-order valence-electron chi connectivity index (χ4n) is 1.41. The summed E-state index contributed by atoms with van der Waals surface area (Å²) < 4.78 is 0.652. The Labute approximate surface area is 131 Å². The number of carboxylic acid groups (broad SMARTS) is 1. The number of halogens is 2. The van der Waals surface area contributed by atoms with E-state index < -0.39 is 12.0 Å². The fraction of sp³-hybridized carbons (Fsp3) is 0. The van der Waals surface area contributed by atoms with Crippen LogP contribution in [0.1, 0.15) is 10.4 Å². The molecule has 0 radical (unpaired) electrons. The topological polar surface area (TPSA) is 78.4 Å². The van der Waals surface area contributed by atoms with E-state index in [1.807, 2.05) is 0 Å². The molecule has 0 bridgehead atoms. The fourth-order valence-corrected chi connectivity index (χ4v) is 2.68. The molecule has 3 N–H and O–H groups in total. The van der Waals surface area contributed by atoms with Crippen LogP contribution in [0.5, 0.6) is 0 Å². The highest BCUT2D eigenvalue weighted by Crippen LogP contribution is 2.26. The van der Waals surface area contributed by atoms with Gasteiger partial charge in [-0.1, -0.05) is 11.6 Å². The van der Waals surface area contributed by atoms with Gasteiger partial charge in [0.1, 0.15) is 5.00 Å². The highest BCUT2D eigenvalue weighted by Gasteiger charge is 2.14. The van der Waals surface area contributed by atoms with E-state index in [1.54, 1.807) is 23.6 Å². The third kappa shape index (κ3) is 3.50. The molecule has 104 valence electrons. The second kappa shape index (κ2) is 6.25. The van der Waals surface area contributed by atoms with Crippen molar-refractivity contribution in [1.29, 1.82) is 0 Å². The van der Waals surface area contributed by atoms with Gasteiger partial charge in [-0.3, -0.25) is 5.32 Å². The number of carboxylic acids is 1. The van der Waals surface area contributed by atoms with Gasteiger partial charge in [-0.2, -0.15) is 0 Å². The van der Waals surface area contributed by atoms with Gasteiger partial charge in [0.25, 0.3) is 0 Å². The first-order chi connectivity index (χ1) is 9.47. The van der Waals surface area contributed by atoms with Gasteiger partial charge in [0, 0.05) is 10.2 Å². The standard InChI is InChI=1S/C12H8BrClN2O3S/c13-8-5-6(1-2-9(8)14)15-12(19)16-10-7(11(17)18)3-4-20-10/h1-5H,(H,17,18)(H2,15,16,19). The number of amides is 2. The number of rotatable bonds is 3. The lowest BCUT2D eigenvalue weighted by Gasteiger charge is -2.07. The quantitative estimate of drug-likeness (QED) is 0.738. The number of nitrogens with one attached hydrogen (secondary N) is 2. The van der Waals surface area contributed by atoms with E-state index in [0.717, 1.165) is 11.3 Å². The highest BCUT2D eigenvalue weighted by molar-refractivity contribution is 9.10. The Morgan fingerprint density at radius 2 is 2.00 bits per heavy atom. The van der Waals surface area contributed by atoms with E-state index >= 15 is 0 Å². The van der Waals surface area contributed by atoms with Gasteiger partial charge in [0.2, 0.25) is 0 Å². The van der Waals surface area contributed by atoms with Crippen LogP contribution in [0.2, 0.25) is 5.02 Å². The van der Waals surface area contributed by atoms with E-state index in [9.17, 15) is 9.59 Å². The Balaban J connectivity index is 2.07.